The van der Waals surface area contributed by atoms with Crippen LogP contribution >= 0.6 is 0 Å². The number of aliphatic hydroxyl groups excluding tert-OH is 1. The molecule has 0 heterocycles. The normalized spacial score (nSPS) is 13.9. The first-order valence-corrected chi connectivity index (χ1v) is 12.8. The molecule has 0 aromatic heterocycles. The van der Waals surface area contributed by atoms with Gasteiger partial charge in [-0.25, -0.2) is 4.79 Å². The monoisotopic (exact) mass is 559 g/mol. The highest BCUT2D eigenvalue weighted by molar-refractivity contribution is 5.94. The highest BCUT2D eigenvalue weighted by atomic mass is 16.4. The third kappa shape index (κ3) is 16.2. The molecule has 16 heteroatoms. The van der Waals surface area contributed by atoms with E-state index in [1.165, 1.54) is 0 Å². The Hall–Kier alpha value is -3.50. The van der Waals surface area contributed by atoms with Crippen LogP contribution in [-0.2, 0) is 24.0 Å². The topological polar surface area (TPSA) is 290 Å². The number of nitrogens with one attached hydrogen (secondary N) is 4. The number of carboxylic acid groups (broad SMARTS) is 1. The highest BCUT2D eigenvalue weighted by Gasteiger charge is 2.29. The lowest BCUT2D eigenvalue weighted by Gasteiger charge is -2.25. The summed E-state index contributed by atoms with van der Waals surface area (Å²) in [7, 11) is 0. The average molecular weight is 560 g/mol. The Labute approximate surface area is 228 Å². The Morgan fingerprint density at radius 2 is 1.44 bits per heavy atom. The van der Waals surface area contributed by atoms with Crippen molar-refractivity contribution in [2.24, 2.45) is 33.8 Å². The number of amides is 4. The van der Waals surface area contributed by atoms with E-state index in [9.17, 15) is 29.1 Å². The van der Waals surface area contributed by atoms with Gasteiger partial charge < -0.3 is 54.4 Å². The molecular weight excluding hydrogens is 514 g/mol. The Bertz CT molecular complexity index is 835. The van der Waals surface area contributed by atoms with Crippen LogP contribution in [0.5, 0.6) is 0 Å². The van der Waals surface area contributed by atoms with Crippen molar-refractivity contribution in [1.29, 1.82) is 0 Å². The zero-order chi connectivity index (χ0) is 30.0. The summed E-state index contributed by atoms with van der Waals surface area (Å²) in [5, 5.41) is 28.3. The van der Waals surface area contributed by atoms with Gasteiger partial charge in [0.05, 0.1) is 13.2 Å². The first kappa shape index (κ1) is 35.5. The van der Waals surface area contributed by atoms with Crippen molar-refractivity contribution >= 4 is 35.6 Å². The predicted octanol–water partition coefficient (Wildman–Crippen LogP) is -3.81. The molecule has 0 aliphatic rings. The minimum atomic E-state index is -1.22. The number of unbranched alkanes of at least 4 members (excludes halogenated alkanes) is 1. The van der Waals surface area contributed by atoms with Crippen molar-refractivity contribution in [2.75, 3.05) is 26.2 Å². The van der Waals surface area contributed by atoms with E-state index in [0.29, 0.717) is 25.8 Å². The van der Waals surface area contributed by atoms with Crippen molar-refractivity contribution in [1.82, 2.24) is 21.3 Å². The fourth-order valence-corrected chi connectivity index (χ4v) is 3.40. The van der Waals surface area contributed by atoms with Gasteiger partial charge in [-0.1, -0.05) is 13.8 Å². The molecule has 0 aromatic carbocycles. The quantitative estimate of drug-likeness (QED) is 0.0391. The Morgan fingerprint density at radius 1 is 0.846 bits per heavy atom. The maximum absolute atomic E-state index is 13.1. The molecule has 4 atom stereocenters. The van der Waals surface area contributed by atoms with Crippen LogP contribution in [0.1, 0.15) is 52.4 Å². The molecule has 0 unspecified atom stereocenters. The number of hydrogen-bond donors (Lipinski definition) is 10. The molecule has 0 fully saturated rings. The van der Waals surface area contributed by atoms with Crippen molar-refractivity contribution in [3.05, 3.63) is 0 Å². The van der Waals surface area contributed by atoms with E-state index in [4.69, 9.17) is 28.0 Å². The molecule has 0 aromatic rings. The number of hydrogen-bond acceptors (Lipinski definition) is 9. The fraction of sp³-hybridized carbons (Fsp3) is 0.739. The van der Waals surface area contributed by atoms with Crippen molar-refractivity contribution in [2.45, 2.75) is 76.5 Å². The molecule has 0 radical (unpaired) electrons. The second-order valence-electron chi connectivity index (χ2n) is 9.45. The van der Waals surface area contributed by atoms with Gasteiger partial charge in [-0.05, 0) is 51.0 Å². The van der Waals surface area contributed by atoms with Gasteiger partial charge in [0.1, 0.15) is 24.2 Å². The number of aliphatic hydroxyl groups is 1. The molecule has 0 aliphatic carbocycles. The minimum Gasteiger partial charge on any atom is -0.480 e. The SMILES string of the molecule is CC(C)C[C@H](NC(=O)CNC(=O)[C@@H](N)CO)C(=O)N[C@@H](CCCN=C(N)N)C(=O)N[C@@H](CCCCN)C(=O)O. The summed E-state index contributed by atoms with van der Waals surface area (Å²) < 4.78 is 0. The molecule has 224 valence electrons. The predicted molar refractivity (Wildman–Crippen MR) is 144 cm³/mol. The Morgan fingerprint density at radius 3 is 1.97 bits per heavy atom. The maximum Gasteiger partial charge on any atom is 0.326 e. The number of guanidine groups is 1. The van der Waals surface area contributed by atoms with E-state index >= 15 is 0 Å². The van der Waals surface area contributed by atoms with E-state index in [0.717, 1.165) is 0 Å². The van der Waals surface area contributed by atoms with Gasteiger partial charge in [-0.3, -0.25) is 24.2 Å². The van der Waals surface area contributed by atoms with Crippen LogP contribution in [0.3, 0.4) is 0 Å². The summed E-state index contributed by atoms with van der Waals surface area (Å²) in [6, 6.07) is -4.58. The molecule has 0 rings (SSSR count). The van der Waals surface area contributed by atoms with Crippen LogP contribution in [0.15, 0.2) is 4.99 Å². The summed E-state index contributed by atoms with van der Waals surface area (Å²) in [5.41, 5.74) is 21.5. The van der Waals surface area contributed by atoms with Crippen LogP contribution in [0, 0.1) is 5.92 Å². The fourth-order valence-electron chi connectivity index (χ4n) is 3.40. The number of carboxylic acids is 1. The zero-order valence-electron chi connectivity index (χ0n) is 22.7. The van der Waals surface area contributed by atoms with Crippen molar-refractivity contribution in [3.63, 3.8) is 0 Å². The number of aliphatic carboxylic acids is 1. The van der Waals surface area contributed by atoms with Gasteiger partial charge in [0.2, 0.25) is 23.6 Å². The molecule has 0 spiro atoms. The van der Waals surface area contributed by atoms with Crippen molar-refractivity contribution < 1.29 is 34.2 Å². The molecule has 0 saturated carbocycles. The number of nitrogens with two attached hydrogens (primary N) is 4. The van der Waals surface area contributed by atoms with Gasteiger partial charge in [-0.2, -0.15) is 0 Å². The van der Waals surface area contributed by atoms with Crippen LogP contribution in [0.2, 0.25) is 0 Å². The third-order valence-electron chi connectivity index (χ3n) is 5.46. The van der Waals surface area contributed by atoms with Crippen LogP contribution < -0.4 is 44.2 Å². The lowest BCUT2D eigenvalue weighted by molar-refractivity contribution is -0.142. The first-order valence-electron chi connectivity index (χ1n) is 12.8. The van der Waals surface area contributed by atoms with Crippen molar-refractivity contribution in [3.8, 4) is 0 Å². The molecule has 14 N–H and O–H groups in total. The largest absolute Gasteiger partial charge is 0.480 e. The summed E-state index contributed by atoms with van der Waals surface area (Å²) >= 11 is 0. The number of rotatable bonds is 20. The molecule has 16 nitrogen and oxygen atoms in total. The summed E-state index contributed by atoms with van der Waals surface area (Å²) in [6.45, 7) is 3.11. The highest BCUT2D eigenvalue weighted by Crippen LogP contribution is 2.08. The van der Waals surface area contributed by atoms with Crippen LogP contribution in [0.4, 0.5) is 0 Å². The first-order chi connectivity index (χ1) is 18.3. The van der Waals surface area contributed by atoms with E-state index in [1.807, 2.05) is 13.8 Å². The van der Waals surface area contributed by atoms with E-state index in [1.54, 1.807) is 0 Å². The van der Waals surface area contributed by atoms with E-state index < -0.39 is 66.9 Å². The maximum atomic E-state index is 13.1. The van der Waals surface area contributed by atoms with E-state index in [2.05, 4.69) is 26.3 Å². The molecule has 39 heavy (non-hydrogen) atoms. The lowest BCUT2D eigenvalue weighted by Crippen LogP contribution is -2.57. The molecule has 0 saturated heterocycles. The number of carbonyl (C=O) groups excluding carboxylic acids is 4. The zero-order valence-corrected chi connectivity index (χ0v) is 22.7. The van der Waals surface area contributed by atoms with E-state index in [-0.39, 0.29) is 37.7 Å². The van der Waals surface area contributed by atoms with Gasteiger partial charge in [-0.15, -0.1) is 0 Å². The number of aliphatic imine (C=N–C) groups is 1. The summed E-state index contributed by atoms with van der Waals surface area (Å²) in [6.07, 6.45) is 1.81. The van der Waals surface area contributed by atoms with Gasteiger partial charge in [0.15, 0.2) is 5.96 Å². The smallest absolute Gasteiger partial charge is 0.326 e. The Kier molecular flexibility index (Phi) is 17.8. The Balaban J connectivity index is 5.54. The second kappa shape index (κ2) is 19.6. The second-order valence-corrected chi connectivity index (χ2v) is 9.45. The molecule has 0 aliphatic heterocycles. The molecule has 0 bridgehead atoms. The minimum absolute atomic E-state index is 0.0356. The average Bonchev–Trinajstić information content (AvgIpc) is 2.86. The van der Waals surface area contributed by atoms with Gasteiger partial charge in [0.25, 0.3) is 0 Å². The number of carbonyl (C=O) groups is 5. The summed E-state index contributed by atoms with van der Waals surface area (Å²) in [5.74, 6) is -4.22. The number of nitrogens with zero attached hydrogens (tertiary/aromatic N) is 1. The van der Waals surface area contributed by atoms with Crippen LogP contribution in [0.25, 0.3) is 0 Å². The molecule has 4 amide bonds. The van der Waals surface area contributed by atoms with Crippen LogP contribution in [-0.4, -0.2) is 96.2 Å². The third-order valence-corrected chi connectivity index (χ3v) is 5.46. The van der Waals surface area contributed by atoms with Gasteiger partial charge >= 0.3 is 5.97 Å². The summed E-state index contributed by atoms with van der Waals surface area (Å²) in [4.78, 5) is 65.8. The van der Waals surface area contributed by atoms with Gasteiger partial charge in [0, 0.05) is 6.54 Å². The molecular formula is C23H45N9O7. The standard InChI is InChI=1S/C23H45N9O7/c1-13(2)10-17(30-18(34)11-29-19(35)14(25)12-33)21(37)31-15(7-5-9-28-23(26)27)20(36)32-16(22(38)39)6-3-4-8-24/h13-17,33H,3-12,24-25H2,1-2H3,(H,29,35)(H,30,34)(H,31,37)(H,32,36)(H,38,39)(H4,26,27,28)/t14-,15-,16-,17-/m0/s1. The lowest BCUT2D eigenvalue weighted by atomic mass is 10.0.